The number of hydrogen-bond acceptors (Lipinski definition) is 5. The summed E-state index contributed by atoms with van der Waals surface area (Å²) < 4.78 is 11.3. The van der Waals surface area contributed by atoms with E-state index in [1.807, 2.05) is 26.0 Å². The van der Waals surface area contributed by atoms with Crippen LogP contribution in [-0.2, 0) is 9.47 Å². The van der Waals surface area contributed by atoms with Crippen LogP contribution in [0.2, 0.25) is 0 Å². The zero-order valence-corrected chi connectivity index (χ0v) is 26.1. The highest BCUT2D eigenvalue weighted by Crippen LogP contribution is 2.34. The zero-order valence-electron chi connectivity index (χ0n) is 26.1. The first kappa shape index (κ1) is 33.6. The van der Waals surface area contributed by atoms with Gasteiger partial charge in [0.2, 0.25) is 0 Å². The lowest BCUT2D eigenvalue weighted by Crippen LogP contribution is -2.15. The molecule has 6 nitrogen and oxygen atoms in total. The summed E-state index contributed by atoms with van der Waals surface area (Å²) in [5.41, 5.74) is 4.19. The van der Waals surface area contributed by atoms with E-state index in [1.54, 1.807) is 54.6 Å². The molecule has 230 valence electrons. The van der Waals surface area contributed by atoms with Gasteiger partial charge in [-0.15, -0.1) is 0 Å². The molecule has 0 spiro atoms. The van der Waals surface area contributed by atoms with E-state index < -0.39 is 5.97 Å². The number of ether oxygens (including phenoxy) is 2. The van der Waals surface area contributed by atoms with E-state index in [4.69, 9.17) is 9.47 Å². The molecule has 0 aliphatic rings. The molecule has 43 heavy (non-hydrogen) atoms. The normalized spacial score (nSPS) is 12.4. The van der Waals surface area contributed by atoms with Crippen molar-refractivity contribution in [3.05, 3.63) is 83.4 Å². The molecule has 0 fully saturated rings. The quantitative estimate of drug-likeness (QED) is 0.125. The van der Waals surface area contributed by atoms with E-state index >= 15 is 0 Å². The van der Waals surface area contributed by atoms with E-state index in [2.05, 4.69) is 13.8 Å². The highest BCUT2D eigenvalue weighted by atomic mass is 16.5. The van der Waals surface area contributed by atoms with Crippen molar-refractivity contribution in [3.63, 3.8) is 0 Å². The van der Waals surface area contributed by atoms with E-state index in [0.29, 0.717) is 16.7 Å². The summed E-state index contributed by atoms with van der Waals surface area (Å²) in [4.78, 5) is 37.2. The Balaban J connectivity index is 1.75. The lowest BCUT2D eigenvalue weighted by molar-refractivity contribution is 0.0309. The number of carbonyl (C=O) groups is 3. The third-order valence-corrected chi connectivity index (χ3v) is 7.67. The van der Waals surface area contributed by atoms with E-state index in [-0.39, 0.29) is 29.7 Å². The average molecular weight is 587 g/mol. The molecular formula is C37H46O6. The molecule has 0 aromatic heterocycles. The number of carboxylic acids is 1. The van der Waals surface area contributed by atoms with Crippen molar-refractivity contribution in [1.29, 1.82) is 0 Å². The van der Waals surface area contributed by atoms with Crippen LogP contribution >= 0.6 is 0 Å². The maximum absolute atomic E-state index is 12.7. The molecule has 3 aromatic rings. The molecule has 1 N–H and O–H groups in total. The molecule has 0 saturated heterocycles. The van der Waals surface area contributed by atoms with Gasteiger partial charge in [-0.05, 0) is 98.2 Å². The fraction of sp³-hybridized carbons (Fsp3) is 0.432. The second-order valence-electron chi connectivity index (χ2n) is 11.4. The smallest absolute Gasteiger partial charge is 0.338 e. The Morgan fingerprint density at radius 1 is 0.581 bits per heavy atom. The van der Waals surface area contributed by atoms with Crippen LogP contribution < -0.4 is 0 Å². The minimum absolute atomic E-state index is 0.145. The highest BCUT2D eigenvalue weighted by Gasteiger charge is 2.17. The van der Waals surface area contributed by atoms with Gasteiger partial charge in [-0.2, -0.15) is 0 Å². The Hall–Kier alpha value is -3.93. The zero-order chi connectivity index (χ0) is 31.2. The Morgan fingerprint density at radius 3 is 1.42 bits per heavy atom. The van der Waals surface area contributed by atoms with Gasteiger partial charge in [0, 0.05) is 0 Å². The van der Waals surface area contributed by atoms with Gasteiger partial charge in [-0.1, -0.05) is 82.7 Å². The first-order valence-corrected chi connectivity index (χ1v) is 15.7. The lowest BCUT2D eigenvalue weighted by Gasteiger charge is -2.15. The Kier molecular flexibility index (Phi) is 13.5. The van der Waals surface area contributed by atoms with Crippen LogP contribution in [0.1, 0.15) is 123 Å². The lowest BCUT2D eigenvalue weighted by atomic mass is 9.92. The van der Waals surface area contributed by atoms with Gasteiger partial charge >= 0.3 is 17.9 Å². The summed E-state index contributed by atoms with van der Waals surface area (Å²) in [6.07, 6.45) is 10.4. The number of aromatic carboxylic acids is 1. The predicted octanol–water partition coefficient (Wildman–Crippen LogP) is 9.75. The van der Waals surface area contributed by atoms with Gasteiger partial charge in [0.25, 0.3) is 0 Å². The van der Waals surface area contributed by atoms with Gasteiger partial charge < -0.3 is 14.6 Å². The Bertz CT molecular complexity index is 1330. The van der Waals surface area contributed by atoms with Crippen molar-refractivity contribution in [2.24, 2.45) is 0 Å². The number of hydrogen-bond donors (Lipinski definition) is 1. The highest BCUT2D eigenvalue weighted by molar-refractivity contribution is 5.95. The average Bonchev–Trinajstić information content (AvgIpc) is 3.01. The molecular weight excluding hydrogens is 540 g/mol. The number of esters is 2. The molecule has 0 aliphatic heterocycles. The summed E-state index contributed by atoms with van der Waals surface area (Å²) in [6.45, 7) is 8.18. The third-order valence-electron chi connectivity index (χ3n) is 7.67. The molecule has 0 saturated carbocycles. The van der Waals surface area contributed by atoms with Crippen LogP contribution in [0.15, 0.2) is 66.7 Å². The van der Waals surface area contributed by atoms with Crippen LogP contribution in [0.25, 0.3) is 22.3 Å². The van der Waals surface area contributed by atoms with Gasteiger partial charge in [0.15, 0.2) is 0 Å². The summed E-state index contributed by atoms with van der Waals surface area (Å²) >= 11 is 0. The Labute approximate surface area is 256 Å². The van der Waals surface area contributed by atoms with Crippen molar-refractivity contribution in [2.45, 2.75) is 104 Å². The van der Waals surface area contributed by atoms with Gasteiger partial charge in [-0.3, -0.25) is 0 Å². The van der Waals surface area contributed by atoms with Crippen molar-refractivity contribution >= 4 is 17.9 Å². The molecule has 0 radical (unpaired) electrons. The number of carboxylic acid groups (broad SMARTS) is 1. The summed E-state index contributed by atoms with van der Waals surface area (Å²) in [5, 5.41) is 9.65. The second-order valence-corrected chi connectivity index (χ2v) is 11.4. The number of rotatable bonds is 17. The predicted molar refractivity (Wildman–Crippen MR) is 172 cm³/mol. The topological polar surface area (TPSA) is 89.9 Å². The van der Waals surface area contributed by atoms with Crippen molar-refractivity contribution in [1.82, 2.24) is 0 Å². The minimum atomic E-state index is -1.03. The van der Waals surface area contributed by atoms with Crippen LogP contribution in [0.3, 0.4) is 0 Å². The SMILES string of the molecule is CCCCCC[C@@H](C)OC(=O)c1ccc(-c2ccc(C(=O)O)cc2-c2ccc(C(=O)O[C@H](C)CCCCCC)cc2)cc1. The molecule has 0 bridgehead atoms. The summed E-state index contributed by atoms with van der Waals surface area (Å²) in [7, 11) is 0. The van der Waals surface area contributed by atoms with Gasteiger partial charge in [-0.25, -0.2) is 14.4 Å². The van der Waals surface area contributed by atoms with Crippen molar-refractivity contribution < 1.29 is 29.0 Å². The number of unbranched alkanes of at least 4 members (excludes halogenated alkanes) is 6. The van der Waals surface area contributed by atoms with Gasteiger partial charge in [0.1, 0.15) is 0 Å². The largest absolute Gasteiger partial charge is 0.478 e. The standard InChI is InChI=1S/C37H46O6/c1-5-7-9-11-13-26(3)42-36(40)30-19-15-28(16-20-30)33-24-23-32(35(38)39)25-34(33)29-17-21-31(22-18-29)37(41)43-27(4)14-12-10-8-6-2/h15-27H,5-14H2,1-4H3,(H,38,39)/t26-,27-/m1/s1. The molecule has 0 heterocycles. The Morgan fingerprint density at radius 2 is 1.00 bits per heavy atom. The molecule has 3 aromatic carbocycles. The molecule has 3 rings (SSSR count). The molecule has 0 amide bonds. The van der Waals surface area contributed by atoms with Crippen LogP contribution in [0.5, 0.6) is 0 Å². The fourth-order valence-electron chi connectivity index (χ4n) is 5.08. The maximum Gasteiger partial charge on any atom is 0.338 e. The van der Waals surface area contributed by atoms with Crippen LogP contribution in [0.4, 0.5) is 0 Å². The van der Waals surface area contributed by atoms with Crippen molar-refractivity contribution in [2.75, 3.05) is 0 Å². The van der Waals surface area contributed by atoms with Crippen molar-refractivity contribution in [3.8, 4) is 22.3 Å². The summed E-state index contributed by atoms with van der Waals surface area (Å²) in [5.74, 6) is -1.75. The number of benzene rings is 3. The summed E-state index contributed by atoms with van der Waals surface area (Å²) in [6, 6.07) is 19.2. The van der Waals surface area contributed by atoms with Gasteiger partial charge in [0.05, 0.1) is 28.9 Å². The first-order valence-electron chi connectivity index (χ1n) is 15.7. The van der Waals surface area contributed by atoms with E-state index in [9.17, 15) is 19.5 Å². The fourth-order valence-corrected chi connectivity index (χ4v) is 5.08. The first-order chi connectivity index (χ1) is 20.7. The van der Waals surface area contributed by atoms with Crippen LogP contribution in [-0.4, -0.2) is 35.2 Å². The maximum atomic E-state index is 12.7. The molecule has 6 heteroatoms. The number of carbonyl (C=O) groups excluding carboxylic acids is 2. The van der Waals surface area contributed by atoms with E-state index in [0.717, 1.165) is 61.6 Å². The minimum Gasteiger partial charge on any atom is -0.478 e. The second kappa shape index (κ2) is 17.3. The third kappa shape index (κ3) is 10.4. The molecule has 0 aliphatic carbocycles. The van der Waals surface area contributed by atoms with Crippen LogP contribution in [0, 0.1) is 0 Å². The molecule has 0 unspecified atom stereocenters. The monoisotopic (exact) mass is 586 g/mol. The molecule has 2 atom stereocenters. The van der Waals surface area contributed by atoms with E-state index in [1.165, 1.54) is 19.3 Å².